The van der Waals surface area contributed by atoms with E-state index in [9.17, 15) is 9.90 Å². The third-order valence-electron chi connectivity index (χ3n) is 4.75. The molecule has 0 bridgehead atoms. The van der Waals surface area contributed by atoms with Crippen molar-refractivity contribution in [2.45, 2.75) is 26.8 Å². The first kappa shape index (κ1) is 14.2. The molecule has 5 nitrogen and oxygen atoms in total. The molecule has 2 heterocycles. The van der Waals surface area contributed by atoms with E-state index in [1.165, 1.54) is 0 Å². The van der Waals surface area contributed by atoms with Crippen LogP contribution in [0.5, 0.6) is 11.5 Å². The van der Waals surface area contributed by atoms with Crippen molar-refractivity contribution in [1.29, 1.82) is 0 Å². The van der Waals surface area contributed by atoms with Gasteiger partial charge in [-0.25, -0.2) is 0 Å². The average Bonchev–Trinajstić information content (AvgIpc) is 3.05. The topological polar surface area (TPSA) is 59.0 Å². The van der Waals surface area contributed by atoms with E-state index in [4.69, 9.17) is 9.47 Å². The molecule has 1 atom stereocenters. The maximum Gasteiger partial charge on any atom is 0.311 e. The lowest BCUT2D eigenvalue weighted by molar-refractivity contribution is -0.151. The lowest BCUT2D eigenvalue weighted by Gasteiger charge is -2.28. The molecule has 21 heavy (non-hydrogen) atoms. The quantitative estimate of drug-likeness (QED) is 0.922. The van der Waals surface area contributed by atoms with Crippen molar-refractivity contribution in [1.82, 2.24) is 4.90 Å². The number of hydrogen-bond donors (Lipinski definition) is 1. The van der Waals surface area contributed by atoms with Gasteiger partial charge in [-0.3, -0.25) is 9.69 Å². The highest BCUT2D eigenvalue weighted by molar-refractivity contribution is 5.75. The first-order valence-electron chi connectivity index (χ1n) is 7.35. The summed E-state index contributed by atoms with van der Waals surface area (Å²) in [6, 6.07) is 5.92. The van der Waals surface area contributed by atoms with Gasteiger partial charge in [-0.2, -0.15) is 0 Å². The van der Waals surface area contributed by atoms with Gasteiger partial charge in [-0.15, -0.1) is 0 Å². The average molecular weight is 291 g/mol. The Morgan fingerprint density at radius 1 is 1.38 bits per heavy atom. The molecule has 0 amide bonds. The number of carbonyl (C=O) groups is 1. The Kier molecular flexibility index (Phi) is 3.53. The molecule has 1 aromatic rings. The Balaban J connectivity index is 1.71. The Labute approximate surface area is 124 Å². The largest absolute Gasteiger partial charge is 0.481 e. The summed E-state index contributed by atoms with van der Waals surface area (Å²) in [5.41, 5.74) is 0.514. The summed E-state index contributed by atoms with van der Waals surface area (Å²) in [6.45, 7) is 6.44. The zero-order chi connectivity index (χ0) is 15.0. The van der Waals surface area contributed by atoms with Gasteiger partial charge in [0.2, 0.25) is 6.79 Å². The van der Waals surface area contributed by atoms with Crippen LogP contribution in [-0.2, 0) is 11.3 Å². The summed E-state index contributed by atoms with van der Waals surface area (Å²) in [5, 5.41) is 9.58. The molecule has 114 valence electrons. The summed E-state index contributed by atoms with van der Waals surface area (Å²) in [7, 11) is 0. The molecule has 1 N–H and O–H groups in total. The molecular weight excluding hydrogens is 270 g/mol. The van der Waals surface area contributed by atoms with Crippen LogP contribution in [0.25, 0.3) is 0 Å². The molecule has 2 aliphatic rings. The Bertz CT molecular complexity index is 557. The number of benzene rings is 1. The van der Waals surface area contributed by atoms with Crippen LogP contribution in [0.2, 0.25) is 0 Å². The number of carboxylic acid groups (broad SMARTS) is 1. The van der Waals surface area contributed by atoms with E-state index >= 15 is 0 Å². The van der Waals surface area contributed by atoms with E-state index in [0.717, 1.165) is 30.2 Å². The Hall–Kier alpha value is -1.75. The van der Waals surface area contributed by atoms with E-state index in [1.54, 1.807) is 0 Å². The zero-order valence-corrected chi connectivity index (χ0v) is 12.5. The van der Waals surface area contributed by atoms with E-state index in [-0.39, 0.29) is 12.7 Å². The van der Waals surface area contributed by atoms with E-state index < -0.39 is 11.4 Å². The molecule has 0 spiro atoms. The molecule has 1 fully saturated rings. The number of nitrogens with zero attached hydrogens (tertiary/aromatic N) is 1. The van der Waals surface area contributed by atoms with Crippen molar-refractivity contribution in [2.75, 3.05) is 19.9 Å². The smallest absolute Gasteiger partial charge is 0.311 e. The molecule has 2 aliphatic heterocycles. The standard InChI is InChI=1S/C16H21NO4/c1-11(2)16(15(18)19)5-6-17(9-16)8-12-3-4-13-14(7-12)21-10-20-13/h3-4,7,11H,5-6,8-10H2,1-2H3,(H,18,19). The van der Waals surface area contributed by atoms with Crippen molar-refractivity contribution in [3.63, 3.8) is 0 Å². The number of ether oxygens (including phenoxy) is 2. The van der Waals surface area contributed by atoms with Gasteiger partial charge in [0.25, 0.3) is 0 Å². The zero-order valence-electron chi connectivity index (χ0n) is 12.5. The van der Waals surface area contributed by atoms with Crippen LogP contribution in [0.3, 0.4) is 0 Å². The fourth-order valence-electron chi connectivity index (χ4n) is 3.24. The fourth-order valence-corrected chi connectivity index (χ4v) is 3.24. The van der Waals surface area contributed by atoms with Crippen LogP contribution in [0.1, 0.15) is 25.8 Å². The summed E-state index contributed by atoms with van der Waals surface area (Å²) in [4.78, 5) is 13.9. The number of hydrogen-bond acceptors (Lipinski definition) is 4. The maximum atomic E-state index is 11.7. The SMILES string of the molecule is CC(C)C1(C(=O)O)CCN(Cc2ccc3c(c2)OCO3)C1. The van der Waals surface area contributed by atoms with Gasteiger partial charge < -0.3 is 14.6 Å². The van der Waals surface area contributed by atoms with Crippen LogP contribution in [0.15, 0.2) is 18.2 Å². The predicted molar refractivity (Wildman–Crippen MR) is 77.4 cm³/mol. The van der Waals surface area contributed by atoms with E-state index in [1.807, 2.05) is 32.0 Å². The highest BCUT2D eigenvalue weighted by atomic mass is 16.7. The van der Waals surface area contributed by atoms with Crippen molar-refractivity contribution in [3.8, 4) is 11.5 Å². The summed E-state index contributed by atoms with van der Waals surface area (Å²) in [5.74, 6) is 1.02. The van der Waals surface area contributed by atoms with Crippen molar-refractivity contribution in [3.05, 3.63) is 23.8 Å². The highest BCUT2D eigenvalue weighted by Gasteiger charge is 2.47. The number of aliphatic carboxylic acids is 1. The lowest BCUT2D eigenvalue weighted by Crippen LogP contribution is -2.39. The number of fused-ring (bicyclic) bond motifs is 1. The summed E-state index contributed by atoms with van der Waals surface area (Å²) < 4.78 is 10.7. The molecule has 0 saturated carbocycles. The van der Waals surface area contributed by atoms with Gasteiger partial charge in [-0.05, 0) is 36.6 Å². The van der Waals surface area contributed by atoms with Crippen LogP contribution in [0, 0.1) is 11.3 Å². The Morgan fingerprint density at radius 3 is 2.81 bits per heavy atom. The number of rotatable bonds is 4. The molecule has 0 aliphatic carbocycles. The molecule has 1 saturated heterocycles. The molecule has 0 radical (unpaired) electrons. The van der Waals surface area contributed by atoms with Crippen molar-refractivity contribution in [2.24, 2.45) is 11.3 Å². The van der Waals surface area contributed by atoms with E-state index in [0.29, 0.717) is 13.0 Å². The second-order valence-electron chi connectivity index (χ2n) is 6.26. The Morgan fingerprint density at radius 2 is 2.14 bits per heavy atom. The molecule has 1 unspecified atom stereocenters. The first-order valence-corrected chi connectivity index (χ1v) is 7.35. The minimum absolute atomic E-state index is 0.136. The monoisotopic (exact) mass is 291 g/mol. The first-order chi connectivity index (χ1) is 10.0. The van der Waals surface area contributed by atoms with Gasteiger partial charge in [0.15, 0.2) is 11.5 Å². The van der Waals surface area contributed by atoms with Gasteiger partial charge in [0, 0.05) is 13.1 Å². The van der Waals surface area contributed by atoms with Crippen LogP contribution in [0.4, 0.5) is 0 Å². The molecule has 0 aromatic heterocycles. The molecule has 3 rings (SSSR count). The van der Waals surface area contributed by atoms with Gasteiger partial charge >= 0.3 is 5.97 Å². The molecule has 1 aromatic carbocycles. The fraction of sp³-hybridized carbons (Fsp3) is 0.562. The van der Waals surface area contributed by atoms with Gasteiger partial charge in [-0.1, -0.05) is 19.9 Å². The number of carboxylic acids is 1. The van der Waals surface area contributed by atoms with Crippen LogP contribution in [-0.4, -0.2) is 35.9 Å². The molecular formula is C16H21NO4. The highest BCUT2D eigenvalue weighted by Crippen LogP contribution is 2.39. The third-order valence-corrected chi connectivity index (χ3v) is 4.75. The maximum absolute atomic E-state index is 11.7. The summed E-state index contributed by atoms with van der Waals surface area (Å²) in [6.07, 6.45) is 0.713. The third kappa shape index (κ3) is 2.46. The minimum Gasteiger partial charge on any atom is -0.481 e. The van der Waals surface area contributed by atoms with Crippen LogP contribution < -0.4 is 9.47 Å². The number of likely N-dealkylation sites (tertiary alicyclic amines) is 1. The molecule has 5 heteroatoms. The van der Waals surface area contributed by atoms with Gasteiger partial charge in [0.05, 0.1) is 5.41 Å². The second-order valence-corrected chi connectivity index (χ2v) is 6.26. The van der Waals surface area contributed by atoms with E-state index in [2.05, 4.69) is 4.90 Å². The predicted octanol–water partition coefficient (Wildman–Crippen LogP) is 2.35. The van der Waals surface area contributed by atoms with Gasteiger partial charge in [0.1, 0.15) is 0 Å². The van der Waals surface area contributed by atoms with Crippen LogP contribution >= 0.6 is 0 Å². The van der Waals surface area contributed by atoms with Crippen molar-refractivity contribution < 1.29 is 19.4 Å². The second kappa shape index (κ2) is 5.22. The van der Waals surface area contributed by atoms with Crippen molar-refractivity contribution >= 4 is 5.97 Å². The summed E-state index contributed by atoms with van der Waals surface area (Å²) >= 11 is 0. The lowest BCUT2D eigenvalue weighted by atomic mass is 9.76. The minimum atomic E-state index is -0.675. The normalized spacial score (nSPS) is 24.7.